The molecule has 0 aliphatic carbocycles. The Morgan fingerprint density at radius 2 is 1.61 bits per heavy atom. The van der Waals surface area contributed by atoms with E-state index in [0.717, 1.165) is 16.7 Å². The molecule has 4 nitrogen and oxygen atoms in total. The van der Waals surface area contributed by atoms with E-state index < -0.39 is 8.38 Å². The number of hydrogen-bond donors (Lipinski definition) is 0. The molecule has 1 aromatic heterocycles. The van der Waals surface area contributed by atoms with Gasteiger partial charge in [0.05, 0.1) is 13.2 Å². The highest BCUT2D eigenvalue weighted by atomic mass is 31.2. The Bertz CT molecular complexity index is 672. The lowest BCUT2D eigenvalue weighted by Crippen LogP contribution is -1.92. The van der Waals surface area contributed by atoms with Crippen LogP contribution in [0.25, 0.3) is 17.2 Å². The zero-order valence-corrected chi connectivity index (χ0v) is 14.2. The second kappa shape index (κ2) is 9.17. The van der Waals surface area contributed by atoms with Crippen LogP contribution < -0.4 is 0 Å². The maximum Gasteiger partial charge on any atom is 0.216 e. The Balaban J connectivity index is 2.22. The third-order valence-electron chi connectivity index (χ3n) is 3.03. The molecule has 5 heteroatoms. The molecule has 0 saturated carbocycles. The van der Waals surface area contributed by atoms with Crippen LogP contribution in [0.15, 0.2) is 54.1 Å². The van der Waals surface area contributed by atoms with Gasteiger partial charge in [-0.2, -0.15) is 5.26 Å². The molecular formula is C18H19N2O2P. The lowest BCUT2D eigenvalue weighted by molar-refractivity contribution is 0.275. The van der Waals surface area contributed by atoms with Crippen molar-refractivity contribution in [1.29, 1.82) is 5.26 Å². The summed E-state index contributed by atoms with van der Waals surface area (Å²) < 4.78 is 11.1. The minimum Gasteiger partial charge on any atom is -0.330 e. The van der Waals surface area contributed by atoms with Crippen molar-refractivity contribution >= 4 is 14.5 Å². The van der Waals surface area contributed by atoms with Crippen LogP contribution in [-0.4, -0.2) is 18.2 Å². The van der Waals surface area contributed by atoms with Gasteiger partial charge in [-0.1, -0.05) is 24.3 Å². The number of pyridine rings is 1. The third-order valence-corrected chi connectivity index (χ3v) is 4.64. The predicted molar refractivity (Wildman–Crippen MR) is 93.4 cm³/mol. The Hall–Kier alpha value is -2.05. The van der Waals surface area contributed by atoms with Crippen molar-refractivity contribution in [2.75, 3.05) is 13.2 Å². The maximum atomic E-state index is 9.37. The summed E-state index contributed by atoms with van der Waals surface area (Å²) in [6, 6.07) is 14.2. The zero-order chi connectivity index (χ0) is 16.5. The monoisotopic (exact) mass is 326 g/mol. The molecule has 2 rings (SSSR count). The number of hydrogen-bond acceptors (Lipinski definition) is 4. The van der Waals surface area contributed by atoms with E-state index >= 15 is 0 Å². The van der Waals surface area contributed by atoms with Gasteiger partial charge in [-0.05, 0) is 48.7 Å². The van der Waals surface area contributed by atoms with Gasteiger partial charge in [-0.3, -0.25) is 4.98 Å². The van der Waals surface area contributed by atoms with Gasteiger partial charge >= 0.3 is 0 Å². The summed E-state index contributed by atoms with van der Waals surface area (Å²) in [5, 5.41) is 9.90. The van der Waals surface area contributed by atoms with Crippen molar-refractivity contribution in [2.45, 2.75) is 13.8 Å². The minimum atomic E-state index is -1.31. The number of aromatic nitrogens is 1. The van der Waals surface area contributed by atoms with Crippen LogP contribution in [0, 0.1) is 11.3 Å². The first-order valence-corrected chi connectivity index (χ1v) is 8.64. The van der Waals surface area contributed by atoms with Crippen LogP contribution in [-0.2, 0) is 9.05 Å². The van der Waals surface area contributed by atoms with Gasteiger partial charge in [0.2, 0.25) is 8.38 Å². The Kier molecular flexibility index (Phi) is 6.90. The van der Waals surface area contributed by atoms with Crippen LogP contribution >= 0.6 is 8.38 Å². The van der Waals surface area contributed by atoms with Crippen molar-refractivity contribution in [3.05, 3.63) is 59.7 Å². The van der Waals surface area contributed by atoms with Crippen LogP contribution in [0.2, 0.25) is 0 Å². The molecule has 118 valence electrons. The fraction of sp³-hybridized carbons (Fsp3) is 0.222. The lowest BCUT2D eigenvalue weighted by atomic mass is 10.1. The van der Waals surface area contributed by atoms with Gasteiger partial charge in [0.25, 0.3) is 0 Å². The predicted octanol–water partition coefficient (Wildman–Crippen LogP) is 5.00. The molecule has 0 atom stereocenters. The fourth-order valence-corrected chi connectivity index (χ4v) is 3.17. The van der Waals surface area contributed by atoms with E-state index in [4.69, 9.17) is 9.05 Å². The Morgan fingerprint density at radius 1 is 1.04 bits per heavy atom. The van der Waals surface area contributed by atoms with Gasteiger partial charge in [0.1, 0.15) is 11.4 Å². The van der Waals surface area contributed by atoms with E-state index in [0.29, 0.717) is 18.5 Å². The lowest BCUT2D eigenvalue weighted by Gasteiger charge is -2.14. The fourth-order valence-electron chi connectivity index (χ4n) is 2.01. The van der Waals surface area contributed by atoms with Crippen molar-refractivity contribution in [3.63, 3.8) is 0 Å². The number of nitriles is 1. The number of benzene rings is 1. The summed E-state index contributed by atoms with van der Waals surface area (Å²) in [6.45, 7) is 4.83. The highest BCUT2D eigenvalue weighted by Crippen LogP contribution is 2.47. The van der Waals surface area contributed by atoms with Crippen molar-refractivity contribution in [1.82, 2.24) is 4.98 Å². The van der Waals surface area contributed by atoms with Gasteiger partial charge in [0.15, 0.2) is 0 Å². The van der Waals surface area contributed by atoms with Crippen LogP contribution in [0.5, 0.6) is 0 Å². The quantitative estimate of drug-likeness (QED) is 0.531. The third kappa shape index (κ3) is 4.97. The molecule has 0 unspecified atom stereocenters. The molecule has 1 aromatic carbocycles. The largest absolute Gasteiger partial charge is 0.330 e. The first-order valence-electron chi connectivity index (χ1n) is 7.46. The summed E-state index contributed by atoms with van der Waals surface area (Å²) in [5.74, 6) is 0. The molecule has 0 saturated heterocycles. The number of nitrogens with zero attached hydrogens (tertiary/aromatic N) is 2. The average Bonchev–Trinajstić information content (AvgIpc) is 2.61. The first-order chi connectivity index (χ1) is 11.3. The highest BCUT2D eigenvalue weighted by Gasteiger charge is 2.15. The Labute approximate surface area is 138 Å². The van der Waals surface area contributed by atoms with Gasteiger partial charge in [-0.15, -0.1) is 0 Å². The first kappa shape index (κ1) is 17.3. The number of rotatable bonds is 7. The SMILES string of the molecule is CCOP(OCC)/C(C#N)=C/c1ccc(-c2ccncc2)cc1. The second-order valence-corrected chi connectivity index (χ2v) is 6.10. The molecule has 23 heavy (non-hydrogen) atoms. The molecule has 0 spiro atoms. The van der Waals surface area contributed by atoms with Crippen LogP contribution in [0.1, 0.15) is 19.4 Å². The van der Waals surface area contributed by atoms with E-state index in [9.17, 15) is 5.26 Å². The van der Waals surface area contributed by atoms with E-state index in [1.54, 1.807) is 12.4 Å². The summed E-state index contributed by atoms with van der Waals surface area (Å²) in [7, 11) is -1.31. The maximum absolute atomic E-state index is 9.37. The summed E-state index contributed by atoms with van der Waals surface area (Å²) >= 11 is 0. The molecule has 1 heterocycles. The average molecular weight is 326 g/mol. The van der Waals surface area contributed by atoms with Crippen molar-refractivity contribution < 1.29 is 9.05 Å². The van der Waals surface area contributed by atoms with Crippen LogP contribution in [0.4, 0.5) is 0 Å². The molecule has 0 bridgehead atoms. The topological polar surface area (TPSA) is 55.1 Å². The summed E-state index contributed by atoms with van der Waals surface area (Å²) in [5.41, 5.74) is 3.17. The van der Waals surface area contributed by atoms with Gasteiger partial charge in [-0.25, -0.2) is 0 Å². The van der Waals surface area contributed by atoms with Crippen molar-refractivity contribution in [3.8, 4) is 17.2 Å². The van der Waals surface area contributed by atoms with E-state index in [1.807, 2.05) is 56.3 Å². The molecule has 2 aromatic rings. The normalized spacial score (nSPS) is 11.5. The smallest absolute Gasteiger partial charge is 0.216 e. The van der Waals surface area contributed by atoms with Crippen molar-refractivity contribution in [2.24, 2.45) is 0 Å². The zero-order valence-electron chi connectivity index (χ0n) is 13.3. The number of allylic oxidation sites excluding steroid dienone is 1. The molecule has 0 radical (unpaired) electrons. The van der Waals surface area contributed by atoms with E-state index in [2.05, 4.69) is 11.1 Å². The highest BCUT2D eigenvalue weighted by molar-refractivity contribution is 7.52. The molecular weight excluding hydrogens is 307 g/mol. The molecule has 0 N–H and O–H groups in total. The minimum absolute atomic E-state index is 0.520. The summed E-state index contributed by atoms with van der Waals surface area (Å²) in [6.07, 6.45) is 5.37. The second-order valence-electron chi connectivity index (χ2n) is 4.59. The Morgan fingerprint density at radius 3 is 2.13 bits per heavy atom. The molecule has 0 aliphatic heterocycles. The molecule has 0 aliphatic rings. The van der Waals surface area contributed by atoms with Gasteiger partial charge in [0, 0.05) is 12.4 Å². The molecule has 0 fully saturated rings. The molecule has 0 amide bonds. The van der Waals surface area contributed by atoms with E-state index in [1.165, 1.54) is 0 Å². The van der Waals surface area contributed by atoms with Gasteiger partial charge < -0.3 is 9.05 Å². The standard InChI is InChI=1S/C18H19N2O2P/c1-3-21-23(22-4-2)18(14-19)13-15-5-7-16(8-6-15)17-9-11-20-12-10-17/h5-13H,3-4H2,1-2H3/b18-13+. The van der Waals surface area contributed by atoms with E-state index in [-0.39, 0.29) is 0 Å². The van der Waals surface area contributed by atoms with Crippen LogP contribution in [0.3, 0.4) is 0 Å². The summed E-state index contributed by atoms with van der Waals surface area (Å²) in [4.78, 5) is 4.02.